The predicted molar refractivity (Wildman–Crippen MR) is 113 cm³/mol. The second-order valence-corrected chi connectivity index (χ2v) is 8.93. The third-order valence-corrected chi connectivity index (χ3v) is 6.15. The van der Waals surface area contributed by atoms with E-state index in [1.165, 1.54) is 51.2 Å². The fourth-order valence-corrected chi connectivity index (χ4v) is 3.61. The van der Waals surface area contributed by atoms with Crippen LogP contribution in [0.5, 0.6) is 0 Å². The maximum absolute atomic E-state index is 12.4. The first-order valence-electron chi connectivity index (χ1n) is 10.7. The topological polar surface area (TPSA) is 110 Å². The van der Waals surface area contributed by atoms with Gasteiger partial charge in [-0.05, 0) is 25.0 Å². The number of benzene rings is 1. The Morgan fingerprint density at radius 2 is 1.35 bits per heavy atom. The van der Waals surface area contributed by atoms with Crippen LogP contribution in [0.25, 0.3) is 0 Å². The Balaban J connectivity index is 0.00000900. The van der Waals surface area contributed by atoms with Crippen LogP contribution < -0.4 is 29.6 Å². The van der Waals surface area contributed by atoms with E-state index in [2.05, 4.69) is 6.92 Å². The molecule has 1 aromatic carbocycles. The summed E-state index contributed by atoms with van der Waals surface area (Å²) in [6.45, 7) is 3.42. The van der Waals surface area contributed by atoms with Gasteiger partial charge in [0.15, 0.2) is 0 Å². The van der Waals surface area contributed by atoms with Crippen LogP contribution in [0.3, 0.4) is 0 Å². The van der Waals surface area contributed by atoms with Crippen molar-refractivity contribution in [3.8, 4) is 0 Å². The van der Waals surface area contributed by atoms with Crippen molar-refractivity contribution < 1.29 is 61.6 Å². The molecule has 0 amide bonds. The molecule has 0 spiro atoms. The smallest absolute Gasteiger partial charge is 0.748 e. The van der Waals surface area contributed by atoms with Gasteiger partial charge in [-0.3, -0.25) is 0 Å². The van der Waals surface area contributed by atoms with E-state index in [-0.39, 0.29) is 53.7 Å². The van der Waals surface area contributed by atoms with Crippen LogP contribution in [0.15, 0.2) is 24.3 Å². The summed E-state index contributed by atoms with van der Waals surface area (Å²) in [7, 11) is -4.56. The Labute approximate surface area is 208 Å². The Hall–Kier alpha value is -0.930. The summed E-state index contributed by atoms with van der Waals surface area (Å²) < 4.78 is 43.6. The zero-order valence-corrected chi connectivity index (χ0v) is 21.7. The average Bonchev–Trinajstić information content (AvgIpc) is 2.71. The van der Waals surface area contributed by atoms with Crippen LogP contribution in [0, 0.1) is 0 Å². The Bertz CT molecular complexity index is 765. The molecule has 9 heteroatoms. The second kappa shape index (κ2) is 16.7. The first kappa shape index (κ1) is 30.1. The molecule has 170 valence electrons. The number of carbonyl (C=O) groups excluding carboxylic acids is 2. The van der Waals surface area contributed by atoms with Crippen molar-refractivity contribution in [3.05, 3.63) is 35.4 Å². The van der Waals surface area contributed by atoms with Gasteiger partial charge in [-0.2, -0.15) is 0 Å². The molecule has 1 unspecified atom stereocenters. The van der Waals surface area contributed by atoms with Crippen LogP contribution in [-0.4, -0.2) is 43.4 Å². The van der Waals surface area contributed by atoms with Gasteiger partial charge < -0.3 is 14.0 Å². The zero-order valence-electron chi connectivity index (χ0n) is 18.9. The van der Waals surface area contributed by atoms with Crippen molar-refractivity contribution in [2.75, 3.05) is 13.2 Å². The number of carbonyl (C=O) groups is 2. The second-order valence-electron chi connectivity index (χ2n) is 7.28. The van der Waals surface area contributed by atoms with Crippen LogP contribution in [0.4, 0.5) is 0 Å². The van der Waals surface area contributed by atoms with E-state index < -0.39 is 33.9 Å². The Kier molecular flexibility index (Phi) is 16.2. The van der Waals surface area contributed by atoms with Crippen LogP contribution in [0.2, 0.25) is 0 Å². The van der Waals surface area contributed by atoms with Crippen LogP contribution in [0.1, 0.15) is 92.4 Å². The molecule has 1 aromatic rings. The molecule has 1 rings (SSSR count). The molecule has 0 bridgehead atoms. The minimum Gasteiger partial charge on any atom is -0.748 e. The molecule has 0 saturated carbocycles. The number of ether oxygens (including phenoxy) is 2. The van der Waals surface area contributed by atoms with Gasteiger partial charge in [-0.1, -0.05) is 70.9 Å². The molecule has 0 heterocycles. The number of unbranched alkanes of at least 4 members (excludes halogenated alkanes) is 7. The predicted octanol–water partition coefficient (Wildman–Crippen LogP) is 1.47. The van der Waals surface area contributed by atoms with Gasteiger partial charge in [-0.25, -0.2) is 18.0 Å². The average molecular weight is 465 g/mol. The van der Waals surface area contributed by atoms with E-state index in [4.69, 9.17) is 9.47 Å². The van der Waals surface area contributed by atoms with Crippen molar-refractivity contribution in [3.63, 3.8) is 0 Å². The van der Waals surface area contributed by atoms with Gasteiger partial charge in [0.1, 0.15) is 16.7 Å². The molecule has 0 fully saturated rings. The summed E-state index contributed by atoms with van der Waals surface area (Å²) in [5, 5.41) is -1.32. The van der Waals surface area contributed by atoms with Gasteiger partial charge >= 0.3 is 41.5 Å². The standard InChI is InChI=1S/C22H34O7S.Na/c1-3-5-6-7-8-9-10-13-16-28-21(23)19-14-11-12-15-20(19)22(24)29-17-18(4-2)30(25,26)27;/h11-12,14-15,18H,3-10,13,16-17H2,1-2H3,(H,25,26,27);/q;+1/p-1. The monoisotopic (exact) mass is 464 g/mol. The molecule has 0 radical (unpaired) electrons. The first-order valence-corrected chi connectivity index (χ1v) is 12.2. The Morgan fingerprint density at radius 1 is 0.871 bits per heavy atom. The van der Waals surface area contributed by atoms with Crippen molar-refractivity contribution in [1.29, 1.82) is 0 Å². The fourth-order valence-electron chi connectivity index (χ4n) is 2.97. The van der Waals surface area contributed by atoms with Gasteiger partial charge in [0.05, 0.1) is 23.0 Å². The molecular formula is C22H33NaO7S. The molecule has 0 aliphatic heterocycles. The SMILES string of the molecule is CCCCCCCCCCOC(=O)c1ccccc1C(=O)OCC(CC)S(=O)(=O)[O-].[Na+]. The normalized spacial score (nSPS) is 12.0. The molecule has 0 aliphatic carbocycles. The van der Waals surface area contributed by atoms with E-state index >= 15 is 0 Å². The maximum Gasteiger partial charge on any atom is 1.00 e. The van der Waals surface area contributed by atoms with Crippen molar-refractivity contribution in [2.45, 2.75) is 76.9 Å². The van der Waals surface area contributed by atoms with Gasteiger partial charge in [0, 0.05) is 0 Å². The summed E-state index contributed by atoms with van der Waals surface area (Å²) >= 11 is 0. The van der Waals surface area contributed by atoms with Gasteiger partial charge in [-0.15, -0.1) is 0 Å². The largest absolute Gasteiger partial charge is 1.00 e. The van der Waals surface area contributed by atoms with Crippen molar-refractivity contribution in [1.82, 2.24) is 0 Å². The summed E-state index contributed by atoms with van der Waals surface area (Å²) in [4.78, 5) is 24.7. The summed E-state index contributed by atoms with van der Waals surface area (Å²) in [6, 6.07) is 6.02. The molecule has 31 heavy (non-hydrogen) atoms. The number of rotatable bonds is 15. The quantitative estimate of drug-likeness (QED) is 0.167. The molecule has 0 aromatic heterocycles. The van der Waals surface area contributed by atoms with Crippen molar-refractivity contribution >= 4 is 22.1 Å². The number of hydrogen-bond acceptors (Lipinski definition) is 7. The maximum atomic E-state index is 12.4. The van der Waals surface area contributed by atoms with E-state index in [9.17, 15) is 22.6 Å². The molecule has 0 N–H and O–H groups in total. The molecular weight excluding hydrogens is 431 g/mol. The van der Waals surface area contributed by atoms with E-state index in [0.29, 0.717) is 0 Å². The fraction of sp³-hybridized carbons (Fsp3) is 0.636. The molecule has 0 saturated heterocycles. The third-order valence-electron chi connectivity index (χ3n) is 4.86. The summed E-state index contributed by atoms with van der Waals surface area (Å²) in [5.41, 5.74) is 0.0386. The van der Waals surface area contributed by atoms with Crippen LogP contribution in [-0.2, 0) is 19.6 Å². The van der Waals surface area contributed by atoms with Crippen LogP contribution >= 0.6 is 0 Å². The van der Waals surface area contributed by atoms with Gasteiger partial charge in [0.2, 0.25) is 0 Å². The molecule has 7 nitrogen and oxygen atoms in total. The molecule has 1 atom stereocenters. The minimum absolute atomic E-state index is 0. The minimum atomic E-state index is -4.56. The van der Waals surface area contributed by atoms with E-state index in [1.807, 2.05) is 0 Å². The van der Waals surface area contributed by atoms with Gasteiger partial charge in [0.25, 0.3) is 0 Å². The third kappa shape index (κ3) is 12.0. The Morgan fingerprint density at radius 3 is 1.84 bits per heavy atom. The number of esters is 2. The van der Waals surface area contributed by atoms with E-state index in [0.717, 1.165) is 19.3 Å². The first-order chi connectivity index (χ1) is 14.3. The number of hydrogen-bond donors (Lipinski definition) is 0. The zero-order chi connectivity index (χ0) is 22.4. The van der Waals surface area contributed by atoms with E-state index in [1.54, 1.807) is 12.1 Å². The van der Waals surface area contributed by atoms with Crippen molar-refractivity contribution in [2.24, 2.45) is 0 Å². The molecule has 0 aliphatic rings. The summed E-state index contributed by atoms with van der Waals surface area (Å²) in [5.74, 6) is -1.49. The summed E-state index contributed by atoms with van der Waals surface area (Å²) in [6.07, 6.45) is 9.03.